The Bertz CT molecular complexity index is 874. The standard InChI is InChI=1S/C22H25F3N2O4/c1-3-27(12-18-13-29-19-6-4-5-7-20(19)31-18)21(28)26-15(2)16-8-10-17(11-9-16)30-14-22(23,24)25/h4-11,15,18H,3,12-14H2,1-2H3,(H,26,28). The van der Waals surface area contributed by atoms with Crippen molar-refractivity contribution in [1.82, 2.24) is 10.2 Å². The lowest BCUT2D eigenvalue weighted by molar-refractivity contribution is -0.153. The number of urea groups is 1. The Morgan fingerprint density at radius 2 is 1.87 bits per heavy atom. The fraction of sp³-hybridized carbons (Fsp3) is 0.409. The molecule has 3 rings (SSSR count). The second-order valence-corrected chi connectivity index (χ2v) is 7.18. The van der Waals surface area contributed by atoms with E-state index in [1.807, 2.05) is 31.2 Å². The van der Waals surface area contributed by atoms with Crippen molar-refractivity contribution < 1.29 is 32.2 Å². The summed E-state index contributed by atoms with van der Waals surface area (Å²) in [5.74, 6) is 1.45. The number of nitrogens with one attached hydrogen (secondary N) is 1. The predicted octanol–water partition coefficient (Wildman–Crippen LogP) is 4.56. The van der Waals surface area contributed by atoms with Gasteiger partial charge in [0.1, 0.15) is 12.4 Å². The smallest absolute Gasteiger partial charge is 0.422 e. The molecule has 1 N–H and O–H groups in total. The molecule has 168 valence electrons. The Balaban J connectivity index is 1.53. The largest absolute Gasteiger partial charge is 0.486 e. The van der Waals surface area contributed by atoms with Crippen molar-refractivity contribution in [1.29, 1.82) is 0 Å². The number of ether oxygens (including phenoxy) is 3. The molecule has 0 radical (unpaired) electrons. The summed E-state index contributed by atoms with van der Waals surface area (Å²) >= 11 is 0. The minimum atomic E-state index is -4.39. The summed E-state index contributed by atoms with van der Waals surface area (Å²) in [4.78, 5) is 14.4. The number of hydrogen-bond acceptors (Lipinski definition) is 4. The Morgan fingerprint density at radius 3 is 2.52 bits per heavy atom. The lowest BCUT2D eigenvalue weighted by atomic mass is 10.1. The zero-order valence-corrected chi connectivity index (χ0v) is 17.3. The Kier molecular flexibility index (Phi) is 7.14. The van der Waals surface area contributed by atoms with Crippen LogP contribution in [0.5, 0.6) is 17.2 Å². The molecule has 0 aliphatic carbocycles. The van der Waals surface area contributed by atoms with Gasteiger partial charge < -0.3 is 24.4 Å². The molecule has 2 atom stereocenters. The number of nitrogens with zero attached hydrogens (tertiary/aromatic N) is 1. The monoisotopic (exact) mass is 438 g/mol. The van der Waals surface area contributed by atoms with Crippen LogP contribution in [0.1, 0.15) is 25.5 Å². The van der Waals surface area contributed by atoms with Gasteiger partial charge in [-0.1, -0.05) is 24.3 Å². The quantitative estimate of drug-likeness (QED) is 0.689. The zero-order chi connectivity index (χ0) is 22.4. The molecule has 31 heavy (non-hydrogen) atoms. The molecule has 0 aromatic heterocycles. The number of alkyl halides is 3. The van der Waals surface area contributed by atoms with E-state index < -0.39 is 12.8 Å². The van der Waals surface area contributed by atoms with Crippen LogP contribution in [-0.4, -0.2) is 49.5 Å². The van der Waals surface area contributed by atoms with Crippen molar-refractivity contribution in [3.63, 3.8) is 0 Å². The lowest BCUT2D eigenvalue weighted by Crippen LogP contribution is -2.47. The van der Waals surface area contributed by atoms with Gasteiger partial charge in [-0.2, -0.15) is 13.2 Å². The second kappa shape index (κ2) is 9.80. The van der Waals surface area contributed by atoms with Crippen molar-refractivity contribution in [3.8, 4) is 17.2 Å². The number of hydrogen-bond donors (Lipinski definition) is 1. The van der Waals surface area contributed by atoms with Gasteiger partial charge >= 0.3 is 12.2 Å². The number of para-hydroxylation sites is 2. The minimum absolute atomic E-state index is 0.115. The first kappa shape index (κ1) is 22.6. The van der Waals surface area contributed by atoms with E-state index >= 15 is 0 Å². The van der Waals surface area contributed by atoms with Crippen LogP contribution in [0.2, 0.25) is 0 Å². The molecule has 1 heterocycles. The van der Waals surface area contributed by atoms with Crippen LogP contribution in [0.4, 0.5) is 18.0 Å². The van der Waals surface area contributed by atoms with Gasteiger partial charge in [0, 0.05) is 6.54 Å². The maximum absolute atomic E-state index is 12.7. The zero-order valence-electron chi connectivity index (χ0n) is 17.3. The topological polar surface area (TPSA) is 60.0 Å². The number of benzene rings is 2. The van der Waals surface area contributed by atoms with Crippen molar-refractivity contribution in [2.24, 2.45) is 0 Å². The fourth-order valence-corrected chi connectivity index (χ4v) is 3.13. The van der Waals surface area contributed by atoms with Crippen LogP contribution >= 0.6 is 0 Å². The van der Waals surface area contributed by atoms with Gasteiger partial charge in [-0.25, -0.2) is 4.79 Å². The van der Waals surface area contributed by atoms with Crippen molar-refractivity contribution in [2.45, 2.75) is 32.2 Å². The SMILES string of the molecule is CCN(CC1COc2ccccc2O1)C(=O)NC(C)c1ccc(OCC(F)(F)F)cc1. The van der Waals surface area contributed by atoms with Gasteiger partial charge in [0.2, 0.25) is 0 Å². The van der Waals surface area contributed by atoms with Crippen LogP contribution in [0.3, 0.4) is 0 Å². The van der Waals surface area contributed by atoms with E-state index in [2.05, 4.69) is 5.32 Å². The highest BCUT2D eigenvalue weighted by atomic mass is 19.4. The maximum atomic E-state index is 12.7. The van der Waals surface area contributed by atoms with E-state index in [4.69, 9.17) is 14.2 Å². The van der Waals surface area contributed by atoms with E-state index in [1.54, 1.807) is 24.0 Å². The molecule has 2 aromatic rings. The molecule has 0 saturated heterocycles. The first-order valence-corrected chi connectivity index (χ1v) is 9.98. The number of fused-ring (bicyclic) bond motifs is 1. The summed E-state index contributed by atoms with van der Waals surface area (Å²) in [6, 6.07) is 12.9. The first-order chi connectivity index (χ1) is 14.7. The molecule has 0 spiro atoms. The van der Waals surface area contributed by atoms with Gasteiger partial charge in [0.25, 0.3) is 0 Å². The third-order valence-electron chi connectivity index (χ3n) is 4.78. The predicted molar refractivity (Wildman–Crippen MR) is 109 cm³/mol. The first-order valence-electron chi connectivity index (χ1n) is 9.98. The third-order valence-corrected chi connectivity index (χ3v) is 4.78. The van der Waals surface area contributed by atoms with Crippen LogP contribution < -0.4 is 19.5 Å². The Labute approximate surface area is 178 Å². The summed E-state index contributed by atoms with van der Waals surface area (Å²) in [6.45, 7) is 3.50. The Morgan fingerprint density at radius 1 is 1.19 bits per heavy atom. The van der Waals surface area contributed by atoms with Crippen LogP contribution in [0, 0.1) is 0 Å². The van der Waals surface area contributed by atoms with Gasteiger partial charge in [0.05, 0.1) is 12.6 Å². The molecule has 9 heteroatoms. The van der Waals surface area contributed by atoms with E-state index in [-0.39, 0.29) is 23.9 Å². The molecule has 6 nitrogen and oxygen atoms in total. The minimum Gasteiger partial charge on any atom is -0.486 e. The lowest BCUT2D eigenvalue weighted by Gasteiger charge is -2.31. The molecular formula is C22H25F3N2O4. The van der Waals surface area contributed by atoms with Crippen LogP contribution in [-0.2, 0) is 0 Å². The molecule has 1 aliphatic heterocycles. The van der Waals surface area contributed by atoms with Crippen molar-refractivity contribution in [3.05, 3.63) is 54.1 Å². The second-order valence-electron chi connectivity index (χ2n) is 7.18. The van der Waals surface area contributed by atoms with E-state index in [0.29, 0.717) is 31.2 Å². The maximum Gasteiger partial charge on any atom is 0.422 e. The molecule has 0 bridgehead atoms. The van der Waals surface area contributed by atoms with E-state index in [0.717, 1.165) is 5.56 Å². The summed E-state index contributed by atoms with van der Waals surface area (Å²) < 4.78 is 53.1. The number of amides is 2. The number of likely N-dealkylation sites (N-methyl/N-ethyl adjacent to an activating group) is 1. The van der Waals surface area contributed by atoms with Crippen LogP contribution in [0.25, 0.3) is 0 Å². The average molecular weight is 438 g/mol. The molecule has 2 aromatic carbocycles. The molecule has 0 saturated carbocycles. The molecule has 2 unspecified atom stereocenters. The third kappa shape index (κ3) is 6.44. The summed E-state index contributed by atoms with van der Waals surface area (Å²) in [5.41, 5.74) is 0.745. The normalized spacial score (nSPS) is 16.4. The fourth-order valence-electron chi connectivity index (χ4n) is 3.13. The molecule has 1 aliphatic rings. The van der Waals surface area contributed by atoms with Crippen LogP contribution in [0.15, 0.2) is 48.5 Å². The highest BCUT2D eigenvalue weighted by molar-refractivity contribution is 5.74. The van der Waals surface area contributed by atoms with E-state index in [9.17, 15) is 18.0 Å². The number of halogens is 3. The van der Waals surface area contributed by atoms with E-state index in [1.165, 1.54) is 12.1 Å². The van der Waals surface area contributed by atoms with Crippen molar-refractivity contribution >= 4 is 6.03 Å². The number of carbonyl (C=O) groups is 1. The average Bonchev–Trinajstić information content (AvgIpc) is 2.75. The number of rotatable bonds is 7. The molecule has 2 amide bonds. The summed E-state index contributed by atoms with van der Waals surface area (Å²) in [6.07, 6.45) is -4.68. The van der Waals surface area contributed by atoms with Gasteiger partial charge in [-0.3, -0.25) is 0 Å². The molecule has 0 fully saturated rings. The Hall–Kier alpha value is -3.10. The molecular weight excluding hydrogens is 413 g/mol. The highest BCUT2D eigenvalue weighted by Crippen LogP contribution is 2.31. The summed E-state index contributed by atoms with van der Waals surface area (Å²) in [7, 11) is 0. The van der Waals surface area contributed by atoms with Crippen molar-refractivity contribution in [2.75, 3.05) is 26.3 Å². The summed E-state index contributed by atoms with van der Waals surface area (Å²) in [5, 5.41) is 2.90. The number of carbonyl (C=O) groups excluding carboxylic acids is 1. The highest BCUT2D eigenvalue weighted by Gasteiger charge is 2.28. The van der Waals surface area contributed by atoms with Gasteiger partial charge in [-0.15, -0.1) is 0 Å². The van der Waals surface area contributed by atoms with Gasteiger partial charge in [-0.05, 0) is 43.7 Å². The van der Waals surface area contributed by atoms with Gasteiger partial charge in [0.15, 0.2) is 24.2 Å².